The molecule has 0 saturated carbocycles. The van der Waals surface area contributed by atoms with Crippen LogP contribution in [0.5, 0.6) is 0 Å². The van der Waals surface area contributed by atoms with Gasteiger partial charge in [0.2, 0.25) is 0 Å². The standard InChI is InChI=1S/C9H16FN/c1-4-7-9(11-6-3)8(10)5-2/h5,7,11H,4,6H2,1-3H3/b8-5+,9-7+. The molecule has 2 heteroatoms. The van der Waals surface area contributed by atoms with E-state index >= 15 is 0 Å². The van der Waals surface area contributed by atoms with Crippen molar-refractivity contribution in [1.29, 1.82) is 0 Å². The molecular weight excluding hydrogens is 141 g/mol. The quantitative estimate of drug-likeness (QED) is 0.619. The van der Waals surface area contributed by atoms with Crippen molar-refractivity contribution in [3.63, 3.8) is 0 Å². The molecule has 0 rings (SSSR count). The molecule has 0 heterocycles. The van der Waals surface area contributed by atoms with E-state index in [9.17, 15) is 4.39 Å². The van der Waals surface area contributed by atoms with Gasteiger partial charge in [-0.25, -0.2) is 4.39 Å². The van der Waals surface area contributed by atoms with E-state index in [1.165, 1.54) is 6.08 Å². The number of hydrogen-bond donors (Lipinski definition) is 1. The number of halogens is 1. The van der Waals surface area contributed by atoms with Gasteiger partial charge in [0.15, 0.2) is 0 Å². The maximum absolute atomic E-state index is 12.9. The fourth-order valence-electron chi connectivity index (χ4n) is 0.804. The van der Waals surface area contributed by atoms with Gasteiger partial charge in [0.25, 0.3) is 0 Å². The largest absolute Gasteiger partial charge is 0.383 e. The summed E-state index contributed by atoms with van der Waals surface area (Å²) < 4.78 is 12.9. The van der Waals surface area contributed by atoms with Crippen molar-refractivity contribution in [2.24, 2.45) is 0 Å². The first-order chi connectivity index (χ1) is 5.26. The minimum atomic E-state index is -0.172. The number of hydrogen-bond acceptors (Lipinski definition) is 1. The maximum Gasteiger partial charge on any atom is 0.141 e. The second kappa shape index (κ2) is 5.96. The molecule has 0 unspecified atom stereocenters. The van der Waals surface area contributed by atoms with Crippen LogP contribution in [0.25, 0.3) is 0 Å². The van der Waals surface area contributed by atoms with Gasteiger partial charge in [0.05, 0.1) is 5.70 Å². The van der Waals surface area contributed by atoms with Gasteiger partial charge in [-0.05, 0) is 26.3 Å². The van der Waals surface area contributed by atoms with Crippen molar-refractivity contribution in [3.8, 4) is 0 Å². The molecule has 11 heavy (non-hydrogen) atoms. The highest BCUT2D eigenvalue weighted by Crippen LogP contribution is 2.08. The fourth-order valence-corrected chi connectivity index (χ4v) is 0.804. The van der Waals surface area contributed by atoms with Gasteiger partial charge in [-0.3, -0.25) is 0 Å². The lowest BCUT2D eigenvalue weighted by Crippen LogP contribution is -2.12. The molecular formula is C9H16FN. The summed E-state index contributed by atoms with van der Waals surface area (Å²) in [7, 11) is 0. The third-order valence-corrected chi connectivity index (χ3v) is 1.29. The van der Waals surface area contributed by atoms with Crippen molar-refractivity contribution >= 4 is 0 Å². The van der Waals surface area contributed by atoms with E-state index in [0.29, 0.717) is 5.70 Å². The molecule has 1 nitrogen and oxygen atoms in total. The second-order valence-electron chi connectivity index (χ2n) is 2.19. The Hall–Kier alpha value is -0.790. The number of nitrogens with one attached hydrogen (secondary N) is 1. The molecule has 0 aliphatic carbocycles. The first-order valence-corrected chi connectivity index (χ1v) is 4.02. The molecule has 0 aliphatic heterocycles. The summed E-state index contributed by atoms with van der Waals surface area (Å²) in [5, 5.41) is 2.95. The predicted molar refractivity (Wildman–Crippen MR) is 46.9 cm³/mol. The van der Waals surface area contributed by atoms with Crippen molar-refractivity contribution in [2.45, 2.75) is 27.2 Å². The van der Waals surface area contributed by atoms with Crippen LogP contribution in [0.4, 0.5) is 4.39 Å². The summed E-state index contributed by atoms with van der Waals surface area (Å²) >= 11 is 0. The topological polar surface area (TPSA) is 12.0 Å². The van der Waals surface area contributed by atoms with Crippen LogP contribution < -0.4 is 5.32 Å². The Bertz CT molecular complexity index is 159. The summed E-state index contributed by atoms with van der Waals surface area (Å²) in [6, 6.07) is 0. The van der Waals surface area contributed by atoms with Crippen LogP contribution in [0, 0.1) is 0 Å². The minimum absolute atomic E-state index is 0.172. The Morgan fingerprint density at radius 1 is 1.45 bits per heavy atom. The first kappa shape index (κ1) is 10.2. The van der Waals surface area contributed by atoms with Crippen LogP contribution in [0.2, 0.25) is 0 Å². The molecule has 0 bridgehead atoms. The first-order valence-electron chi connectivity index (χ1n) is 4.02. The van der Waals surface area contributed by atoms with Crippen molar-refractivity contribution in [3.05, 3.63) is 23.7 Å². The summed E-state index contributed by atoms with van der Waals surface area (Å²) in [6.45, 7) is 6.38. The molecule has 0 aromatic carbocycles. The van der Waals surface area contributed by atoms with Crippen LogP contribution in [0.15, 0.2) is 23.7 Å². The van der Waals surface area contributed by atoms with Crippen molar-refractivity contribution < 1.29 is 4.39 Å². The van der Waals surface area contributed by atoms with Gasteiger partial charge >= 0.3 is 0 Å². The molecule has 1 N–H and O–H groups in total. The third-order valence-electron chi connectivity index (χ3n) is 1.29. The van der Waals surface area contributed by atoms with Crippen LogP contribution in [-0.4, -0.2) is 6.54 Å². The number of rotatable bonds is 4. The SMILES string of the molecule is C/C=C(F)\C(=C/CC)NCC. The monoisotopic (exact) mass is 157 g/mol. The molecule has 0 spiro atoms. The van der Waals surface area contributed by atoms with Gasteiger partial charge in [-0.2, -0.15) is 0 Å². The van der Waals surface area contributed by atoms with Gasteiger partial charge in [0.1, 0.15) is 5.83 Å². The molecule has 0 fully saturated rings. The highest BCUT2D eigenvalue weighted by Gasteiger charge is 1.98. The Kier molecular flexibility index (Phi) is 5.53. The van der Waals surface area contributed by atoms with E-state index in [4.69, 9.17) is 0 Å². The lowest BCUT2D eigenvalue weighted by atomic mass is 10.3. The van der Waals surface area contributed by atoms with Crippen molar-refractivity contribution in [1.82, 2.24) is 5.32 Å². The van der Waals surface area contributed by atoms with Gasteiger partial charge in [-0.15, -0.1) is 0 Å². The van der Waals surface area contributed by atoms with Crippen LogP contribution in [0.1, 0.15) is 27.2 Å². The van der Waals surface area contributed by atoms with E-state index in [0.717, 1.165) is 13.0 Å². The highest BCUT2D eigenvalue weighted by molar-refractivity contribution is 5.22. The molecule has 0 aliphatic rings. The number of allylic oxidation sites excluding steroid dienone is 3. The maximum atomic E-state index is 12.9. The Balaban J connectivity index is 4.22. The molecule has 0 amide bonds. The van der Waals surface area contributed by atoms with Gasteiger partial charge < -0.3 is 5.32 Å². The van der Waals surface area contributed by atoms with E-state index < -0.39 is 0 Å². The average Bonchev–Trinajstić information content (AvgIpc) is 2.03. The summed E-state index contributed by atoms with van der Waals surface area (Å²) in [5.41, 5.74) is 0.609. The smallest absolute Gasteiger partial charge is 0.141 e. The zero-order chi connectivity index (χ0) is 8.69. The van der Waals surface area contributed by atoms with Crippen molar-refractivity contribution in [2.75, 3.05) is 6.54 Å². The Labute approximate surface area is 68.0 Å². The molecule has 0 atom stereocenters. The van der Waals surface area contributed by atoms with E-state index in [1.807, 2.05) is 19.9 Å². The minimum Gasteiger partial charge on any atom is -0.383 e. The van der Waals surface area contributed by atoms with E-state index in [2.05, 4.69) is 5.32 Å². The molecule has 64 valence electrons. The fraction of sp³-hybridized carbons (Fsp3) is 0.556. The van der Waals surface area contributed by atoms with Gasteiger partial charge in [-0.1, -0.05) is 13.0 Å². The summed E-state index contributed by atoms with van der Waals surface area (Å²) in [4.78, 5) is 0. The van der Waals surface area contributed by atoms with Crippen LogP contribution >= 0.6 is 0 Å². The normalized spacial score (nSPS) is 13.5. The average molecular weight is 157 g/mol. The lowest BCUT2D eigenvalue weighted by Gasteiger charge is -2.05. The zero-order valence-corrected chi connectivity index (χ0v) is 7.45. The summed E-state index contributed by atoms with van der Waals surface area (Å²) in [6.07, 6.45) is 4.16. The number of likely N-dealkylation sites (N-methyl/N-ethyl adjacent to an activating group) is 1. The molecule has 0 aromatic rings. The highest BCUT2D eigenvalue weighted by atomic mass is 19.1. The Morgan fingerprint density at radius 2 is 2.09 bits per heavy atom. The third kappa shape index (κ3) is 3.81. The van der Waals surface area contributed by atoms with E-state index in [-0.39, 0.29) is 5.83 Å². The molecule has 0 saturated heterocycles. The molecule has 0 radical (unpaired) electrons. The lowest BCUT2D eigenvalue weighted by molar-refractivity contribution is 0.621. The molecule has 0 aromatic heterocycles. The van der Waals surface area contributed by atoms with Crippen LogP contribution in [-0.2, 0) is 0 Å². The second-order valence-corrected chi connectivity index (χ2v) is 2.19. The predicted octanol–water partition coefficient (Wildman–Crippen LogP) is 2.76. The van der Waals surface area contributed by atoms with Crippen LogP contribution in [0.3, 0.4) is 0 Å². The Morgan fingerprint density at radius 3 is 2.45 bits per heavy atom. The zero-order valence-electron chi connectivity index (χ0n) is 7.45. The van der Waals surface area contributed by atoms with E-state index in [1.54, 1.807) is 6.92 Å². The summed E-state index contributed by atoms with van der Waals surface area (Å²) in [5.74, 6) is -0.172. The van der Waals surface area contributed by atoms with Gasteiger partial charge in [0, 0.05) is 6.54 Å².